The van der Waals surface area contributed by atoms with Crippen molar-refractivity contribution in [2.24, 2.45) is 10.7 Å². The number of amides is 2. The summed E-state index contributed by atoms with van der Waals surface area (Å²) in [6.07, 6.45) is 0. The maximum absolute atomic E-state index is 13.3. The van der Waals surface area contributed by atoms with Gasteiger partial charge in [0.15, 0.2) is 11.6 Å². The largest absolute Gasteiger partial charge is 0.385 e. The van der Waals surface area contributed by atoms with Gasteiger partial charge in [-0.1, -0.05) is 12.1 Å². The first-order valence-electron chi connectivity index (χ1n) is 4.18. The Bertz CT molecular complexity index is 459. The summed E-state index contributed by atoms with van der Waals surface area (Å²) in [5, 5.41) is 2.31. The molecule has 0 aromatic heterocycles. The highest BCUT2D eigenvalue weighted by Gasteiger charge is 2.28. The van der Waals surface area contributed by atoms with Crippen molar-refractivity contribution in [3.63, 3.8) is 0 Å². The molecule has 0 aliphatic carbocycles. The molecule has 4 nitrogen and oxygen atoms in total. The zero-order chi connectivity index (χ0) is 11.0. The fraction of sp³-hybridized carbons (Fsp3) is 0.111. The number of halogens is 2. The maximum Gasteiger partial charge on any atom is 0.343 e. The molecule has 0 radical (unpaired) electrons. The van der Waals surface area contributed by atoms with Crippen LogP contribution in [-0.4, -0.2) is 11.9 Å². The van der Waals surface area contributed by atoms with Crippen LogP contribution in [0.5, 0.6) is 0 Å². The fourth-order valence-corrected chi connectivity index (χ4v) is 1.39. The molecule has 0 saturated heterocycles. The lowest BCUT2D eigenvalue weighted by Gasteiger charge is -2.11. The number of carbonyl (C=O) groups excluding carboxylic acids is 1. The first kappa shape index (κ1) is 9.57. The van der Waals surface area contributed by atoms with Gasteiger partial charge < -0.3 is 11.1 Å². The molecule has 3 N–H and O–H groups in total. The van der Waals surface area contributed by atoms with E-state index in [1.807, 2.05) is 0 Å². The van der Waals surface area contributed by atoms with Crippen molar-refractivity contribution in [3.8, 4) is 0 Å². The van der Waals surface area contributed by atoms with E-state index in [1.165, 1.54) is 12.1 Å². The van der Waals surface area contributed by atoms with E-state index in [-0.39, 0.29) is 11.4 Å². The van der Waals surface area contributed by atoms with Crippen molar-refractivity contribution in [3.05, 3.63) is 35.4 Å². The van der Waals surface area contributed by atoms with Crippen LogP contribution in [0.15, 0.2) is 23.2 Å². The number of urea groups is 1. The number of nitrogens with two attached hydrogens (primary N) is 1. The average Bonchev–Trinajstić information content (AvgIpc) is 2.50. The van der Waals surface area contributed by atoms with E-state index >= 15 is 0 Å². The molecule has 1 unspecified atom stereocenters. The molecule has 1 aromatic rings. The van der Waals surface area contributed by atoms with Crippen molar-refractivity contribution in [1.29, 1.82) is 0 Å². The number of hydrogen-bond donors (Lipinski definition) is 2. The number of nitrogens with zero attached hydrogens (tertiary/aromatic N) is 1. The third-order valence-corrected chi connectivity index (χ3v) is 2.09. The van der Waals surface area contributed by atoms with E-state index in [0.29, 0.717) is 0 Å². The lowest BCUT2D eigenvalue weighted by Crippen LogP contribution is -2.28. The molecule has 15 heavy (non-hydrogen) atoms. The number of carbonyl (C=O) groups is 1. The van der Waals surface area contributed by atoms with Gasteiger partial charge in [0.25, 0.3) is 0 Å². The number of amidine groups is 1. The average molecular weight is 211 g/mol. The second kappa shape index (κ2) is 3.30. The van der Waals surface area contributed by atoms with E-state index in [0.717, 1.165) is 6.07 Å². The quantitative estimate of drug-likeness (QED) is 0.730. The molecule has 2 rings (SSSR count). The highest BCUT2D eigenvalue weighted by molar-refractivity contribution is 6.03. The topological polar surface area (TPSA) is 67.5 Å². The number of rotatable bonds is 1. The predicted octanol–water partition coefficient (Wildman–Crippen LogP) is 1.09. The molecule has 1 aliphatic rings. The molecule has 0 saturated carbocycles. The predicted molar refractivity (Wildman–Crippen MR) is 49.3 cm³/mol. The molecule has 78 valence electrons. The van der Waals surface area contributed by atoms with Crippen molar-refractivity contribution >= 4 is 11.9 Å². The number of hydrogen-bond acceptors (Lipinski definition) is 2. The normalized spacial score (nSPS) is 20.0. The lowest BCUT2D eigenvalue weighted by molar-refractivity contribution is 0.250. The van der Waals surface area contributed by atoms with Crippen LogP contribution in [-0.2, 0) is 0 Å². The van der Waals surface area contributed by atoms with Crippen molar-refractivity contribution < 1.29 is 13.6 Å². The zero-order valence-electron chi connectivity index (χ0n) is 7.50. The van der Waals surface area contributed by atoms with Crippen LogP contribution in [0.4, 0.5) is 13.6 Å². The summed E-state index contributed by atoms with van der Waals surface area (Å²) in [6.45, 7) is 0. The molecule has 1 aromatic carbocycles. The summed E-state index contributed by atoms with van der Waals surface area (Å²) < 4.78 is 26.2. The SMILES string of the molecule is NC1=NC(=O)NC1c1cccc(F)c1F. The van der Waals surface area contributed by atoms with E-state index < -0.39 is 23.7 Å². The van der Waals surface area contributed by atoms with Gasteiger partial charge in [-0.15, -0.1) is 0 Å². The Morgan fingerprint density at radius 1 is 1.40 bits per heavy atom. The van der Waals surface area contributed by atoms with Crippen molar-refractivity contribution in [2.75, 3.05) is 0 Å². The monoisotopic (exact) mass is 211 g/mol. The van der Waals surface area contributed by atoms with Gasteiger partial charge in [0.05, 0.1) is 0 Å². The van der Waals surface area contributed by atoms with Crippen LogP contribution in [0.3, 0.4) is 0 Å². The van der Waals surface area contributed by atoms with E-state index in [2.05, 4.69) is 10.3 Å². The first-order chi connectivity index (χ1) is 7.09. The molecular weight excluding hydrogens is 204 g/mol. The summed E-state index contributed by atoms with van der Waals surface area (Å²) in [6, 6.07) is 2.14. The van der Waals surface area contributed by atoms with Gasteiger partial charge in [-0.05, 0) is 6.07 Å². The van der Waals surface area contributed by atoms with Crippen molar-refractivity contribution in [1.82, 2.24) is 5.32 Å². The minimum absolute atomic E-state index is 0.0258. The van der Waals surface area contributed by atoms with Crippen molar-refractivity contribution in [2.45, 2.75) is 6.04 Å². The molecule has 1 aliphatic heterocycles. The second-order valence-corrected chi connectivity index (χ2v) is 3.06. The first-order valence-corrected chi connectivity index (χ1v) is 4.18. The van der Waals surface area contributed by atoms with E-state index in [9.17, 15) is 13.6 Å². The minimum Gasteiger partial charge on any atom is -0.385 e. The second-order valence-electron chi connectivity index (χ2n) is 3.06. The summed E-state index contributed by atoms with van der Waals surface area (Å²) in [7, 11) is 0. The third-order valence-electron chi connectivity index (χ3n) is 2.09. The molecule has 0 bridgehead atoms. The Morgan fingerprint density at radius 3 is 2.73 bits per heavy atom. The molecule has 6 heteroatoms. The lowest BCUT2D eigenvalue weighted by atomic mass is 10.1. The van der Waals surface area contributed by atoms with Crippen LogP contribution in [0.1, 0.15) is 11.6 Å². The summed E-state index contributed by atoms with van der Waals surface area (Å²) in [5.74, 6) is -2.08. The van der Waals surface area contributed by atoms with Crippen LogP contribution >= 0.6 is 0 Å². The smallest absolute Gasteiger partial charge is 0.343 e. The third kappa shape index (κ3) is 1.54. The Hall–Kier alpha value is -1.98. The Kier molecular flexibility index (Phi) is 2.11. The Morgan fingerprint density at radius 2 is 2.13 bits per heavy atom. The molecule has 0 spiro atoms. The van der Waals surface area contributed by atoms with Crippen LogP contribution < -0.4 is 11.1 Å². The summed E-state index contributed by atoms with van der Waals surface area (Å²) in [4.78, 5) is 14.2. The van der Waals surface area contributed by atoms with E-state index in [1.54, 1.807) is 0 Å². The van der Waals surface area contributed by atoms with Crippen LogP contribution in [0, 0.1) is 11.6 Å². The summed E-state index contributed by atoms with van der Waals surface area (Å²) >= 11 is 0. The number of aliphatic imine (C=N–C) groups is 1. The van der Waals surface area contributed by atoms with Crippen LogP contribution in [0.2, 0.25) is 0 Å². The van der Waals surface area contributed by atoms with Gasteiger partial charge in [-0.25, -0.2) is 13.6 Å². The molecule has 1 atom stereocenters. The fourth-order valence-electron chi connectivity index (χ4n) is 1.39. The Labute approximate surface area is 83.8 Å². The van der Waals surface area contributed by atoms with Gasteiger partial charge >= 0.3 is 6.03 Å². The van der Waals surface area contributed by atoms with Crippen LogP contribution in [0.25, 0.3) is 0 Å². The van der Waals surface area contributed by atoms with Gasteiger partial charge in [0.1, 0.15) is 11.9 Å². The van der Waals surface area contributed by atoms with Gasteiger partial charge in [0.2, 0.25) is 0 Å². The summed E-state index contributed by atoms with van der Waals surface area (Å²) in [5.41, 5.74) is 5.37. The molecule has 1 heterocycles. The van der Waals surface area contributed by atoms with Gasteiger partial charge in [-0.2, -0.15) is 4.99 Å². The standard InChI is InChI=1S/C9H7F2N3O/c10-5-3-1-2-4(6(5)11)7-8(12)14-9(15)13-7/h1-3,7H,(H3,12,13,14,15). The number of benzene rings is 1. The Balaban J connectivity index is 2.43. The molecule has 2 amide bonds. The highest BCUT2D eigenvalue weighted by Crippen LogP contribution is 2.21. The molecular formula is C9H7F2N3O. The van der Waals surface area contributed by atoms with E-state index in [4.69, 9.17) is 5.73 Å². The number of nitrogens with one attached hydrogen (secondary N) is 1. The van der Waals surface area contributed by atoms with Gasteiger partial charge in [-0.3, -0.25) is 0 Å². The molecule has 0 fully saturated rings. The van der Waals surface area contributed by atoms with Gasteiger partial charge in [0, 0.05) is 5.56 Å². The highest BCUT2D eigenvalue weighted by atomic mass is 19.2. The zero-order valence-corrected chi connectivity index (χ0v) is 7.50. The minimum atomic E-state index is -1.03. The maximum atomic E-state index is 13.3.